The lowest BCUT2D eigenvalue weighted by Crippen LogP contribution is -2.19. The predicted octanol–water partition coefficient (Wildman–Crippen LogP) is 4.26. The Labute approximate surface area is 119 Å². The first-order chi connectivity index (χ1) is 9.11. The Bertz CT molecular complexity index is 547. The Morgan fingerprint density at radius 3 is 2.63 bits per heavy atom. The van der Waals surface area contributed by atoms with Crippen LogP contribution in [0.25, 0.3) is 0 Å². The van der Waals surface area contributed by atoms with Crippen molar-refractivity contribution < 1.29 is 4.42 Å². The van der Waals surface area contributed by atoms with Crippen LogP contribution in [-0.4, -0.2) is 12.8 Å². The van der Waals surface area contributed by atoms with Crippen molar-refractivity contribution >= 4 is 11.8 Å². The number of nitrogens with one attached hydrogen (secondary N) is 1. The Kier molecular flexibility index (Phi) is 4.72. The van der Waals surface area contributed by atoms with Gasteiger partial charge in [-0.15, -0.1) is 11.8 Å². The van der Waals surface area contributed by atoms with Gasteiger partial charge in [0, 0.05) is 16.7 Å². The molecule has 0 saturated heterocycles. The second-order valence-corrected chi connectivity index (χ2v) is 5.92. The van der Waals surface area contributed by atoms with Crippen LogP contribution in [0.1, 0.15) is 28.5 Å². The molecule has 0 aliphatic heterocycles. The zero-order valence-electron chi connectivity index (χ0n) is 12.0. The van der Waals surface area contributed by atoms with Crippen molar-refractivity contribution in [2.75, 3.05) is 12.8 Å². The highest BCUT2D eigenvalue weighted by Crippen LogP contribution is 2.29. The summed E-state index contributed by atoms with van der Waals surface area (Å²) >= 11 is 1.84. The largest absolute Gasteiger partial charge is 0.468 e. The van der Waals surface area contributed by atoms with Gasteiger partial charge in [-0.3, -0.25) is 0 Å². The molecule has 1 N–H and O–H groups in total. The van der Waals surface area contributed by atoms with Crippen molar-refractivity contribution in [1.82, 2.24) is 5.32 Å². The number of thioether (sulfide) groups is 1. The van der Waals surface area contributed by atoms with Gasteiger partial charge in [-0.2, -0.15) is 0 Å². The van der Waals surface area contributed by atoms with E-state index in [-0.39, 0.29) is 0 Å². The summed E-state index contributed by atoms with van der Waals surface area (Å²) in [6, 6.07) is 9.04. The summed E-state index contributed by atoms with van der Waals surface area (Å²) in [6.07, 6.45) is 1.75. The molecule has 1 aromatic carbocycles. The van der Waals surface area contributed by atoms with Crippen LogP contribution in [0.2, 0.25) is 0 Å². The fraction of sp³-hybridized carbons (Fsp3) is 0.375. The molecule has 102 valence electrons. The molecule has 2 aromatic rings. The third-order valence-electron chi connectivity index (χ3n) is 3.38. The highest BCUT2D eigenvalue weighted by molar-refractivity contribution is 7.99. The van der Waals surface area contributed by atoms with E-state index in [4.69, 9.17) is 4.42 Å². The molecule has 1 unspecified atom stereocenters. The number of aryl methyl sites for hydroxylation is 3. The second kappa shape index (κ2) is 6.31. The van der Waals surface area contributed by atoms with Gasteiger partial charge in [0.15, 0.2) is 0 Å². The van der Waals surface area contributed by atoms with E-state index in [0.29, 0.717) is 6.04 Å². The number of hydrogen-bond donors (Lipinski definition) is 1. The first-order valence-electron chi connectivity index (χ1n) is 6.53. The summed E-state index contributed by atoms with van der Waals surface area (Å²) in [5.41, 5.74) is 4.04. The van der Waals surface area contributed by atoms with Crippen molar-refractivity contribution in [3.05, 3.63) is 53.0 Å². The maximum Gasteiger partial charge on any atom is 0.114 e. The lowest BCUT2D eigenvalue weighted by molar-refractivity contribution is 0.526. The molecule has 0 aliphatic rings. The summed E-state index contributed by atoms with van der Waals surface area (Å²) in [4.78, 5) is 1.23. The molecule has 1 atom stereocenters. The average molecular weight is 275 g/mol. The minimum Gasteiger partial charge on any atom is -0.468 e. The van der Waals surface area contributed by atoms with Gasteiger partial charge in [0.05, 0.1) is 6.26 Å². The van der Waals surface area contributed by atoms with Crippen LogP contribution >= 0.6 is 11.8 Å². The molecule has 0 fully saturated rings. The molecular weight excluding hydrogens is 254 g/mol. The molecule has 0 radical (unpaired) electrons. The fourth-order valence-electron chi connectivity index (χ4n) is 2.16. The second-order valence-electron chi connectivity index (χ2n) is 4.85. The molecule has 2 rings (SSSR count). The molecule has 0 bridgehead atoms. The van der Waals surface area contributed by atoms with E-state index in [1.165, 1.54) is 21.6 Å². The number of hydrogen-bond acceptors (Lipinski definition) is 3. The van der Waals surface area contributed by atoms with Gasteiger partial charge in [-0.05, 0) is 45.0 Å². The van der Waals surface area contributed by atoms with Gasteiger partial charge in [0.2, 0.25) is 0 Å². The quantitative estimate of drug-likeness (QED) is 0.825. The van der Waals surface area contributed by atoms with Gasteiger partial charge in [-0.25, -0.2) is 0 Å². The summed E-state index contributed by atoms with van der Waals surface area (Å²) in [7, 11) is 2.02. The molecule has 19 heavy (non-hydrogen) atoms. The first-order valence-corrected chi connectivity index (χ1v) is 7.51. The zero-order chi connectivity index (χ0) is 13.8. The number of rotatable bonds is 5. The predicted molar refractivity (Wildman–Crippen MR) is 81.9 cm³/mol. The van der Waals surface area contributed by atoms with E-state index in [9.17, 15) is 0 Å². The van der Waals surface area contributed by atoms with E-state index in [1.807, 2.05) is 31.8 Å². The van der Waals surface area contributed by atoms with Crippen molar-refractivity contribution in [3.63, 3.8) is 0 Å². The molecular formula is C16H21NOS. The molecule has 0 saturated carbocycles. The van der Waals surface area contributed by atoms with Gasteiger partial charge >= 0.3 is 0 Å². The van der Waals surface area contributed by atoms with Gasteiger partial charge in [0.1, 0.15) is 5.76 Å². The third-order valence-corrected chi connectivity index (χ3v) is 4.61. The number of furan rings is 1. The van der Waals surface area contributed by atoms with E-state index in [1.54, 1.807) is 6.26 Å². The average Bonchev–Trinajstić information content (AvgIpc) is 2.80. The van der Waals surface area contributed by atoms with Crippen LogP contribution in [0.4, 0.5) is 0 Å². The Hall–Kier alpha value is -1.19. The SMILES string of the molecule is CNC(CSc1ccoc1C)c1cc(C)ccc1C. The summed E-state index contributed by atoms with van der Waals surface area (Å²) in [5.74, 6) is 2.00. The van der Waals surface area contributed by atoms with Crippen molar-refractivity contribution in [2.45, 2.75) is 31.7 Å². The topological polar surface area (TPSA) is 25.2 Å². The normalized spacial score (nSPS) is 12.6. The molecule has 2 nitrogen and oxygen atoms in total. The molecule has 0 aliphatic carbocycles. The number of benzene rings is 1. The Morgan fingerprint density at radius 2 is 2.00 bits per heavy atom. The van der Waals surface area contributed by atoms with Gasteiger partial charge < -0.3 is 9.73 Å². The lowest BCUT2D eigenvalue weighted by atomic mass is 10.0. The van der Waals surface area contributed by atoms with Crippen molar-refractivity contribution in [1.29, 1.82) is 0 Å². The smallest absolute Gasteiger partial charge is 0.114 e. The maximum absolute atomic E-state index is 5.34. The van der Waals surface area contributed by atoms with E-state index in [2.05, 4.69) is 37.4 Å². The molecule has 3 heteroatoms. The Balaban J connectivity index is 2.12. The third kappa shape index (κ3) is 3.43. The molecule has 0 amide bonds. The van der Waals surface area contributed by atoms with Crippen LogP contribution in [0.3, 0.4) is 0 Å². The fourth-order valence-corrected chi connectivity index (χ4v) is 3.26. The highest BCUT2D eigenvalue weighted by atomic mass is 32.2. The maximum atomic E-state index is 5.34. The summed E-state index contributed by atoms with van der Waals surface area (Å²) in [5, 5.41) is 3.42. The van der Waals surface area contributed by atoms with Crippen LogP contribution in [-0.2, 0) is 0 Å². The van der Waals surface area contributed by atoms with Crippen LogP contribution < -0.4 is 5.32 Å². The van der Waals surface area contributed by atoms with Gasteiger partial charge in [0.25, 0.3) is 0 Å². The monoisotopic (exact) mass is 275 g/mol. The molecule has 1 heterocycles. The van der Waals surface area contributed by atoms with E-state index >= 15 is 0 Å². The minimum absolute atomic E-state index is 0.360. The summed E-state index contributed by atoms with van der Waals surface area (Å²) in [6.45, 7) is 6.32. The lowest BCUT2D eigenvalue weighted by Gasteiger charge is -2.19. The van der Waals surface area contributed by atoms with Crippen molar-refractivity contribution in [2.24, 2.45) is 0 Å². The van der Waals surface area contributed by atoms with Crippen LogP contribution in [0.5, 0.6) is 0 Å². The van der Waals surface area contributed by atoms with Gasteiger partial charge in [-0.1, -0.05) is 23.8 Å². The van der Waals surface area contributed by atoms with E-state index < -0.39 is 0 Å². The minimum atomic E-state index is 0.360. The van der Waals surface area contributed by atoms with Crippen LogP contribution in [0, 0.1) is 20.8 Å². The van der Waals surface area contributed by atoms with Crippen molar-refractivity contribution in [3.8, 4) is 0 Å². The molecule has 1 aromatic heterocycles. The highest BCUT2D eigenvalue weighted by Gasteiger charge is 2.13. The Morgan fingerprint density at radius 1 is 1.21 bits per heavy atom. The molecule has 0 spiro atoms. The standard InChI is InChI=1S/C16H21NOS/c1-11-5-6-12(2)14(9-11)15(17-4)10-19-16-7-8-18-13(16)3/h5-9,15,17H,10H2,1-4H3. The van der Waals surface area contributed by atoms with Crippen LogP contribution in [0.15, 0.2) is 39.8 Å². The van der Waals surface area contributed by atoms with E-state index in [0.717, 1.165) is 11.5 Å². The summed E-state index contributed by atoms with van der Waals surface area (Å²) < 4.78 is 5.34. The first kappa shape index (κ1) is 14.2. The zero-order valence-corrected chi connectivity index (χ0v) is 12.8.